The molecular weight excluding hydrogens is 304 g/mol. The van der Waals surface area contributed by atoms with E-state index in [0.29, 0.717) is 0 Å². The second kappa shape index (κ2) is 10.4. The summed E-state index contributed by atoms with van der Waals surface area (Å²) in [6.07, 6.45) is 1.28. The minimum atomic E-state index is -0.448. The second-order valence-electron chi connectivity index (χ2n) is 3.33. The number of hydrogen-bond donors (Lipinski definition) is 0. The number of ether oxygens (including phenoxy) is 1. The van der Waals surface area contributed by atoms with Crippen LogP contribution in [0.1, 0.15) is 6.92 Å². The smallest absolute Gasteiger partial charge is 0.287 e. The third-order valence-electron chi connectivity index (χ3n) is 1.96. The van der Waals surface area contributed by atoms with Gasteiger partial charge < -0.3 is 4.74 Å². The molecule has 0 aliphatic heterocycles. The molecule has 0 radical (unpaired) electrons. The molecule has 1 aromatic rings. The Hall–Kier alpha value is -0.440. The van der Waals surface area contributed by atoms with Crippen molar-refractivity contribution in [1.29, 1.82) is 0 Å². The summed E-state index contributed by atoms with van der Waals surface area (Å²) < 4.78 is 5.46. The van der Waals surface area contributed by atoms with E-state index in [4.69, 9.17) is 4.74 Å². The number of rotatable bonds is 10. The first-order chi connectivity index (χ1) is 9.24. The molecule has 0 aromatic carbocycles. The molecule has 0 saturated carbocycles. The number of hydrogen-bond acceptors (Lipinski definition) is 7. The first-order valence-electron chi connectivity index (χ1n) is 5.79. The van der Waals surface area contributed by atoms with Gasteiger partial charge in [0.2, 0.25) is 0 Å². The molecule has 8 heteroatoms. The van der Waals surface area contributed by atoms with Gasteiger partial charge in [0.05, 0.1) is 18.1 Å². The van der Waals surface area contributed by atoms with Crippen molar-refractivity contribution in [3.63, 3.8) is 0 Å². The predicted octanol–water partition coefficient (Wildman–Crippen LogP) is 3.50. The molecule has 5 nitrogen and oxygen atoms in total. The van der Waals surface area contributed by atoms with E-state index in [1.54, 1.807) is 16.9 Å². The van der Waals surface area contributed by atoms with Crippen molar-refractivity contribution in [2.75, 3.05) is 30.5 Å². The zero-order valence-corrected chi connectivity index (χ0v) is 13.1. The zero-order valence-electron chi connectivity index (χ0n) is 10.6. The first kappa shape index (κ1) is 16.6. The fraction of sp³-hybridized carbons (Fsp3) is 0.545. The van der Waals surface area contributed by atoms with Crippen LogP contribution in [0.15, 0.2) is 23.4 Å². The number of nitro groups is 1. The molecule has 1 aromatic heterocycles. The summed E-state index contributed by atoms with van der Waals surface area (Å²) in [7, 11) is 3.14. The standard InChI is InChI=1S/C11H16N2O3S3/c1-2-17-7-5-16-6-8-18-19-11-4-3-10(9-12-11)13(14)15/h3-4,9H,2,5-8H2,1H3. The molecule has 106 valence electrons. The molecule has 0 fully saturated rings. The number of thioether (sulfide) groups is 1. The average Bonchev–Trinajstić information content (AvgIpc) is 2.42. The van der Waals surface area contributed by atoms with E-state index in [1.807, 2.05) is 11.8 Å². The molecule has 19 heavy (non-hydrogen) atoms. The minimum Gasteiger partial charge on any atom is -0.380 e. The van der Waals surface area contributed by atoms with Crippen molar-refractivity contribution in [2.24, 2.45) is 0 Å². The Balaban J connectivity index is 2.07. The quantitative estimate of drug-likeness (QED) is 0.283. The highest BCUT2D eigenvalue weighted by Crippen LogP contribution is 2.29. The van der Waals surface area contributed by atoms with Crippen LogP contribution in [0.25, 0.3) is 0 Å². The molecule has 1 heterocycles. The maximum absolute atomic E-state index is 10.5. The summed E-state index contributed by atoms with van der Waals surface area (Å²) in [4.78, 5) is 14.0. The summed E-state index contributed by atoms with van der Waals surface area (Å²) >= 11 is 1.87. The van der Waals surface area contributed by atoms with Gasteiger partial charge in [-0.3, -0.25) is 10.1 Å². The Morgan fingerprint density at radius 1 is 1.37 bits per heavy atom. The van der Waals surface area contributed by atoms with E-state index >= 15 is 0 Å². The first-order valence-corrected chi connectivity index (χ1v) is 9.26. The predicted molar refractivity (Wildman–Crippen MR) is 83.0 cm³/mol. The third kappa shape index (κ3) is 7.66. The van der Waals surface area contributed by atoms with Crippen LogP contribution in [0.5, 0.6) is 0 Å². The molecular formula is C11H16N2O3S3. The fourth-order valence-corrected chi connectivity index (χ4v) is 3.33. The fourth-order valence-electron chi connectivity index (χ4n) is 1.09. The van der Waals surface area contributed by atoms with E-state index in [0.717, 1.165) is 35.5 Å². The van der Waals surface area contributed by atoms with Crippen LogP contribution < -0.4 is 0 Å². The highest BCUT2D eigenvalue weighted by atomic mass is 33.1. The number of aromatic nitrogens is 1. The normalized spacial score (nSPS) is 10.6. The van der Waals surface area contributed by atoms with E-state index in [1.165, 1.54) is 23.1 Å². The number of nitrogens with zero attached hydrogens (tertiary/aromatic N) is 2. The van der Waals surface area contributed by atoms with Crippen molar-refractivity contribution in [3.8, 4) is 0 Å². The van der Waals surface area contributed by atoms with Gasteiger partial charge in [-0.15, -0.1) is 0 Å². The van der Waals surface area contributed by atoms with Gasteiger partial charge in [-0.05, 0) is 22.6 Å². The minimum absolute atomic E-state index is 0.0195. The van der Waals surface area contributed by atoms with Crippen molar-refractivity contribution in [1.82, 2.24) is 4.98 Å². The van der Waals surface area contributed by atoms with Gasteiger partial charge in [-0.1, -0.05) is 17.7 Å². The highest BCUT2D eigenvalue weighted by Gasteiger charge is 2.05. The average molecular weight is 320 g/mol. The molecule has 0 aliphatic carbocycles. The lowest BCUT2D eigenvalue weighted by Gasteiger charge is -2.03. The van der Waals surface area contributed by atoms with Crippen LogP contribution in [0.2, 0.25) is 0 Å². The molecule has 0 atom stereocenters. The Labute approximate surface area is 124 Å². The van der Waals surface area contributed by atoms with Crippen LogP contribution in [0.4, 0.5) is 5.69 Å². The Kier molecular flexibility index (Phi) is 9.06. The van der Waals surface area contributed by atoms with Crippen molar-refractivity contribution < 1.29 is 9.66 Å². The SMILES string of the molecule is CCSCCOCCSSc1ccc([N+](=O)[O-])cn1. The Morgan fingerprint density at radius 3 is 2.79 bits per heavy atom. The van der Waals surface area contributed by atoms with Crippen molar-refractivity contribution >= 4 is 39.0 Å². The van der Waals surface area contributed by atoms with Crippen molar-refractivity contribution in [3.05, 3.63) is 28.4 Å². The van der Waals surface area contributed by atoms with Crippen LogP contribution in [-0.4, -0.2) is 40.4 Å². The summed E-state index contributed by atoms with van der Waals surface area (Å²) in [6, 6.07) is 3.13. The lowest BCUT2D eigenvalue weighted by Crippen LogP contribution is -2.00. The monoisotopic (exact) mass is 320 g/mol. The van der Waals surface area contributed by atoms with Gasteiger partial charge in [0.25, 0.3) is 5.69 Å². The van der Waals surface area contributed by atoms with Crippen LogP contribution in [0.3, 0.4) is 0 Å². The van der Waals surface area contributed by atoms with Crippen LogP contribution in [0, 0.1) is 10.1 Å². The lowest BCUT2D eigenvalue weighted by molar-refractivity contribution is -0.385. The molecule has 0 amide bonds. The van der Waals surface area contributed by atoms with Gasteiger partial charge in [0, 0.05) is 17.6 Å². The zero-order chi connectivity index (χ0) is 13.9. The Bertz CT molecular complexity index is 376. The molecule has 0 aliphatic rings. The third-order valence-corrected chi connectivity index (χ3v) is 5.06. The van der Waals surface area contributed by atoms with Crippen LogP contribution in [-0.2, 0) is 4.74 Å². The second-order valence-corrected chi connectivity index (χ2v) is 7.16. The summed E-state index contributed by atoms with van der Waals surface area (Å²) in [5, 5.41) is 11.2. The van der Waals surface area contributed by atoms with Crippen LogP contribution >= 0.6 is 33.3 Å². The maximum Gasteiger partial charge on any atom is 0.287 e. The maximum atomic E-state index is 10.5. The van der Waals surface area contributed by atoms with Gasteiger partial charge in [-0.25, -0.2) is 4.98 Å². The van der Waals surface area contributed by atoms with E-state index < -0.39 is 4.92 Å². The lowest BCUT2D eigenvalue weighted by atomic mass is 10.4. The van der Waals surface area contributed by atoms with Gasteiger partial charge in [0.15, 0.2) is 0 Å². The molecule has 1 rings (SSSR count). The molecule has 0 bridgehead atoms. The topological polar surface area (TPSA) is 65.3 Å². The molecule has 0 unspecified atom stereocenters. The summed E-state index contributed by atoms with van der Waals surface area (Å²) in [5.74, 6) is 3.04. The van der Waals surface area contributed by atoms with Gasteiger partial charge in [-0.2, -0.15) is 11.8 Å². The molecule has 0 spiro atoms. The molecule has 0 saturated heterocycles. The van der Waals surface area contributed by atoms with Crippen molar-refractivity contribution in [2.45, 2.75) is 11.9 Å². The van der Waals surface area contributed by atoms with E-state index in [9.17, 15) is 10.1 Å². The largest absolute Gasteiger partial charge is 0.380 e. The van der Waals surface area contributed by atoms with E-state index in [2.05, 4.69) is 11.9 Å². The highest BCUT2D eigenvalue weighted by molar-refractivity contribution is 8.76. The summed E-state index contributed by atoms with van der Waals surface area (Å²) in [6.45, 7) is 3.64. The Morgan fingerprint density at radius 2 is 2.16 bits per heavy atom. The molecule has 0 N–H and O–H groups in total. The van der Waals surface area contributed by atoms with E-state index in [-0.39, 0.29) is 5.69 Å². The van der Waals surface area contributed by atoms with Gasteiger partial charge >= 0.3 is 0 Å². The summed E-state index contributed by atoms with van der Waals surface area (Å²) in [5.41, 5.74) is 0.0195. The number of pyridine rings is 1. The van der Waals surface area contributed by atoms with Gasteiger partial charge in [0.1, 0.15) is 11.2 Å².